The van der Waals surface area contributed by atoms with Crippen molar-refractivity contribution in [3.8, 4) is 11.5 Å². The fourth-order valence-electron chi connectivity index (χ4n) is 2.05. The predicted octanol–water partition coefficient (Wildman–Crippen LogP) is 4.00. The summed E-state index contributed by atoms with van der Waals surface area (Å²) in [7, 11) is -3.25. The van der Waals surface area contributed by atoms with Crippen LogP contribution in [0.15, 0.2) is 41.3 Å². The van der Waals surface area contributed by atoms with Crippen molar-refractivity contribution >= 4 is 33.0 Å². The van der Waals surface area contributed by atoms with Gasteiger partial charge in [-0.15, -0.1) is 0 Å². The molecule has 0 atom stereocenters. The monoisotopic (exact) mass is 440 g/mol. The largest absolute Gasteiger partial charge is 0.490 e. The maximum absolute atomic E-state index is 12.5. The Morgan fingerprint density at radius 2 is 1.82 bits per heavy atom. The summed E-state index contributed by atoms with van der Waals surface area (Å²) in [5, 5.41) is 11.1. The highest BCUT2D eigenvalue weighted by molar-refractivity contribution is 7.92. The van der Waals surface area contributed by atoms with Gasteiger partial charge in [0.05, 0.1) is 22.6 Å². The van der Waals surface area contributed by atoms with E-state index in [2.05, 4.69) is 4.74 Å². The van der Waals surface area contributed by atoms with Crippen LogP contribution in [-0.4, -0.2) is 33.2 Å². The van der Waals surface area contributed by atoms with Gasteiger partial charge in [0.1, 0.15) is 5.75 Å². The Morgan fingerprint density at radius 1 is 1.18 bits per heavy atom. The van der Waals surface area contributed by atoms with Gasteiger partial charge in [0.2, 0.25) is 0 Å². The number of hydrogen-bond acceptors (Lipinski definition) is 6. The molecule has 0 bridgehead atoms. The van der Waals surface area contributed by atoms with Gasteiger partial charge in [0.15, 0.2) is 12.4 Å². The van der Waals surface area contributed by atoms with E-state index < -0.39 is 44.1 Å². The smallest absolute Gasteiger partial charge is 0.422 e. The molecule has 0 aliphatic rings. The molecule has 0 unspecified atom stereocenters. The van der Waals surface area contributed by atoms with Crippen LogP contribution in [0.3, 0.4) is 0 Å². The summed E-state index contributed by atoms with van der Waals surface area (Å²) < 4.78 is 73.6. The number of nitrogens with one attached hydrogen (secondary N) is 1. The summed E-state index contributed by atoms with van der Waals surface area (Å²) >= 11 is 5.77. The maximum Gasteiger partial charge on any atom is 0.422 e. The quantitative estimate of drug-likeness (QED) is 0.515. The molecule has 0 saturated heterocycles. The van der Waals surface area contributed by atoms with Crippen LogP contribution < -0.4 is 14.2 Å². The number of halogens is 4. The Morgan fingerprint density at radius 3 is 2.39 bits per heavy atom. The lowest BCUT2D eigenvalue weighted by molar-refractivity contribution is -0.386. The van der Waals surface area contributed by atoms with Crippen LogP contribution in [0.5, 0.6) is 11.5 Å². The highest BCUT2D eigenvalue weighted by Gasteiger charge is 2.29. The Kier molecular flexibility index (Phi) is 6.24. The molecule has 0 aliphatic carbocycles. The molecular weight excluding hydrogens is 429 g/mol. The molecule has 8 nitrogen and oxygen atoms in total. The Hall–Kier alpha value is -2.73. The number of nitro groups is 1. The van der Waals surface area contributed by atoms with E-state index >= 15 is 0 Å². The lowest BCUT2D eigenvalue weighted by Crippen LogP contribution is -2.20. The molecule has 0 aromatic heterocycles. The van der Waals surface area contributed by atoms with Crippen LogP contribution >= 0.6 is 11.6 Å². The zero-order chi connectivity index (χ0) is 21.1. The van der Waals surface area contributed by atoms with Gasteiger partial charge in [-0.2, -0.15) is 13.2 Å². The van der Waals surface area contributed by atoms with Crippen molar-refractivity contribution < 1.29 is 36.0 Å². The number of hydrogen-bond donors (Lipinski definition) is 1. The second-order valence-corrected chi connectivity index (χ2v) is 7.36. The lowest BCUT2D eigenvalue weighted by Gasteiger charge is -2.15. The average Bonchev–Trinajstić information content (AvgIpc) is 2.59. The number of nitro benzene ring substituents is 1. The number of benzene rings is 2. The molecule has 0 radical (unpaired) electrons. The zero-order valence-electron chi connectivity index (χ0n) is 14.0. The third-order valence-corrected chi connectivity index (χ3v) is 4.83. The lowest BCUT2D eigenvalue weighted by atomic mass is 10.3. The molecule has 0 heterocycles. The fraction of sp³-hybridized carbons (Fsp3) is 0.200. The highest BCUT2D eigenvalue weighted by atomic mass is 35.5. The standard InChI is InChI=1S/C15H12ClF3N2O6S/c1-26-14-5-3-10(7-12(14)21(22)23)28(24,25)20-11-6-9(16)2-4-13(11)27-8-15(17,18)19/h2-7,20H,8H2,1H3. The van der Waals surface area contributed by atoms with Gasteiger partial charge in [0, 0.05) is 11.1 Å². The SMILES string of the molecule is COc1ccc(S(=O)(=O)Nc2cc(Cl)ccc2OCC(F)(F)F)cc1[N+](=O)[O-]. The van der Waals surface area contributed by atoms with Crippen LogP contribution in [0.25, 0.3) is 0 Å². The molecule has 152 valence electrons. The number of methoxy groups -OCH3 is 1. The van der Waals surface area contributed by atoms with Gasteiger partial charge in [-0.1, -0.05) is 11.6 Å². The predicted molar refractivity (Wildman–Crippen MR) is 93.5 cm³/mol. The van der Waals surface area contributed by atoms with Crippen molar-refractivity contribution in [2.75, 3.05) is 18.4 Å². The summed E-state index contributed by atoms with van der Waals surface area (Å²) in [6.07, 6.45) is -4.65. The Bertz CT molecular complexity index is 998. The number of sulfonamides is 1. The van der Waals surface area contributed by atoms with Gasteiger partial charge in [-0.3, -0.25) is 14.8 Å². The van der Waals surface area contributed by atoms with E-state index in [0.29, 0.717) is 0 Å². The summed E-state index contributed by atoms with van der Waals surface area (Å²) in [5.74, 6) is -0.589. The first-order valence-electron chi connectivity index (χ1n) is 7.27. The topological polar surface area (TPSA) is 108 Å². The van der Waals surface area contributed by atoms with Crippen molar-refractivity contribution in [3.63, 3.8) is 0 Å². The first-order valence-corrected chi connectivity index (χ1v) is 9.13. The third kappa shape index (κ3) is 5.39. The molecular formula is C15H12ClF3N2O6S. The maximum atomic E-state index is 12.5. The van der Waals surface area contributed by atoms with Gasteiger partial charge in [0.25, 0.3) is 10.0 Å². The molecule has 2 aromatic rings. The van der Waals surface area contributed by atoms with Crippen molar-refractivity contribution in [2.24, 2.45) is 0 Å². The molecule has 2 aromatic carbocycles. The average molecular weight is 441 g/mol. The Labute approximate surface area is 162 Å². The summed E-state index contributed by atoms with van der Waals surface area (Å²) in [6.45, 7) is -1.66. The van der Waals surface area contributed by atoms with Gasteiger partial charge in [-0.05, 0) is 30.3 Å². The van der Waals surface area contributed by atoms with E-state index in [0.717, 1.165) is 30.3 Å². The van der Waals surface area contributed by atoms with Gasteiger partial charge < -0.3 is 9.47 Å². The van der Waals surface area contributed by atoms with Crippen LogP contribution in [0.1, 0.15) is 0 Å². The molecule has 0 aliphatic heterocycles. The van der Waals surface area contributed by atoms with E-state index in [-0.39, 0.29) is 16.5 Å². The van der Waals surface area contributed by atoms with Crippen molar-refractivity contribution in [1.29, 1.82) is 0 Å². The minimum absolute atomic E-state index is 0.0257. The van der Waals surface area contributed by atoms with Crippen LogP contribution in [0, 0.1) is 10.1 Å². The summed E-state index contributed by atoms with van der Waals surface area (Å²) in [6, 6.07) is 6.18. The summed E-state index contributed by atoms with van der Waals surface area (Å²) in [4.78, 5) is 9.71. The Balaban J connectivity index is 2.40. The van der Waals surface area contributed by atoms with Crippen molar-refractivity contribution in [2.45, 2.75) is 11.1 Å². The van der Waals surface area contributed by atoms with E-state index in [1.54, 1.807) is 0 Å². The third-order valence-electron chi connectivity index (χ3n) is 3.23. The first-order chi connectivity index (χ1) is 12.9. The molecule has 2 rings (SSSR count). The number of ether oxygens (including phenoxy) is 2. The molecule has 0 saturated carbocycles. The molecule has 0 spiro atoms. The van der Waals surface area contributed by atoms with Crippen LogP contribution in [-0.2, 0) is 10.0 Å². The molecule has 28 heavy (non-hydrogen) atoms. The van der Waals surface area contributed by atoms with Crippen molar-refractivity contribution in [3.05, 3.63) is 51.5 Å². The number of alkyl halides is 3. The number of nitrogens with zero attached hydrogens (tertiary/aromatic N) is 1. The van der Waals surface area contributed by atoms with Crippen LogP contribution in [0.4, 0.5) is 24.5 Å². The number of rotatable bonds is 7. The molecule has 0 fully saturated rings. The summed E-state index contributed by atoms with van der Waals surface area (Å²) in [5.41, 5.74) is -0.972. The zero-order valence-corrected chi connectivity index (χ0v) is 15.6. The molecule has 13 heteroatoms. The first kappa shape index (κ1) is 21.6. The minimum atomic E-state index is -4.65. The van der Waals surface area contributed by atoms with E-state index in [1.165, 1.54) is 13.2 Å². The van der Waals surface area contributed by atoms with Crippen molar-refractivity contribution in [1.82, 2.24) is 0 Å². The van der Waals surface area contributed by atoms with E-state index in [4.69, 9.17) is 16.3 Å². The van der Waals surface area contributed by atoms with Gasteiger partial charge in [-0.25, -0.2) is 8.42 Å². The number of anilines is 1. The fourth-order valence-corrected chi connectivity index (χ4v) is 3.30. The highest BCUT2D eigenvalue weighted by Crippen LogP contribution is 2.33. The van der Waals surface area contributed by atoms with E-state index in [9.17, 15) is 31.7 Å². The van der Waals surface area contributed by atoms with Crippen LogP contribution in [0.2, 0.25) is 5.02 Å². The second kappa shape index (κ2) is 8.10. The second-order valence-electron chi connectivity index (χ2n) is 5.24. The van der Waals surface area contributed by atoms with Gasteiger partial charge >= 0.3 is 11.9 Å². The molecule has 0 amide bonds. The minimum Gasteiger partial charge on any atom is -0.490 e. The molecule has 1 N–H and O–H groups in total. The normalized spacial score (nSPS) is 11.8. The van der Waals surface area contributed by atoms with E-state index in [1.807, 2.05) is 4.72 Å².